The predicted octanol–water partition coefficient (Wildman–Crippen LogP) is 2.18. The highest BCUT2D eigenvalue weighted by Gasteiger charge is 2.10. The van der Waals surface area contributed by atoms with Gasteiger partial charge in [-0.05, 0) is 18.2 Å². The average Bonchev–Trinajstić information content (AvgIpc) is 2.59. The molecule has 0 saturated heterocycles. The molecule has 0 spiro atoms. The lowest BCUT2D eigenvalue weighted by Crippen LogP contribution is -2.10. The molecule has 0 aliphatic rings. The molecular weight excluding hydrogens is 223 g/mol. The first kappa shape index (κ1) is 9.79. The summed E-state index contributed by atoms with van der Waals surface area (Å²) in [6.45, 7) is 0. The second-order valence-corrected chi connectivity index (χ2v) is 3.40. The lowest BCUT2D eigenvalue weighted by molar-refractivity contribution is -0.00590. The van der Waals surface area contributed by atoms with Crippen LogP contribution in [0.1, 0.15) is 10.5 Å². The van der Waals surface area contributed by atoms with Crippen molar-refractivity contribution < 1.29 is 14.3 Å². The van der Waals surface area contributed by atoms with E-state index in [0.29, 0.717) is 10.9 Å². The Morgan fingerprint density at radius 2 is 2.20 bits per heavy atom. The topological polar surface area (TPSA) is 68.1 Å². The van der Waals surface area contributed by atoms with E-state index in [2.05, 4.69) is 9.93 Å². The quantitative estimate of drug-likeness (QED) is 0.827. The van der Waals surface area contributed by atoms with Gasteiger partial charge in [0, 0.05) is 15.4 Å². The number of fused-ring (bicyclic) bond motifs is 1. The highest BCUT2D eigenvalue weighted by atomic mass is 35.5. The Balaban J connectivity index is 2.66. The van der Waals surface area contributed by atoms with E-state index < -0.39 is 5.91 Å². The lowest BCUT2D eigenvalue weighted by atomic mass is 10.2. The summed E-state index contributed by atoms with van der Waals surface area (Å²) in [5.74, 6) is -0.691. The van der Waals surface area contributed by atoms with Crippen LogP contribution in [0.5, 0.6) is 5.75 Å². The largest absolute Gasteiger partial charge is 0.364 e. The molecule has 0 saturated carbocycles. The minimum atomic E-state index is -0.593. The van der Waals surface area contributed by atoms with Gasteiger partial charge in [-0.25, -0.2) is 0 Å². The number of nitrogens with one attached hydrogen (secondary N) is 1. The fourth-order valence-electron chi connectivity index (χ4n) is 1.33. The molecule has 6 heteroatoms. The van der Waals surface area contributed by atoms with Gasteiger partial charge in [-0.1, -0.05) is 11.6 Å². The number of primary amides is 1. The second-order valence-electron chi connectivity index (χ2n) is 2.99. The zero-order chi connectivity index (χ0) is 11.0. The maximum atomic E-state index is 12.0. The van der Waals surface area contributed by atoms with Crippen molar-refractivity contribution in [3.8, 4) is 5.75 Å². The molecule has 2 aromatic rings. The van der Waals surface area contributed by atoms with Crippen LogP contribution in [0.4, 0.5) is 4.53 Å². The predicted molar refractivity (Wildman–Crippen MR) is 53.6 cm³/mol. The van der Waals surface area contributed by atoms with Gasteiger partial charge in [-0.2, -0.15) is 0 Å². The standard InChI is InChI=1S/C9H6ClFN2O2/c10-5-3-6-4(2-8(5)15-11)1-7(13-6)9(12)14/h1-3,13H,(H2,12,14). The van der Waals surface area contributed by atoms with Gasteiger partial charge in [-0.15, -0.1) is 0 Å². The summed E-state index contributed by atoms with van der Waals surface area (Å²) in [4.78, 5) is 17.2. The van der Waals surface area contributed by atoms with Crippen molar-refractivity contribution in [1.82, 2.24) is 4.98 Å². The number of aromatic amines is 1. The Kier molecular flexibility index (Phi) is 2.24. The average molecular weight is 229 g/mol. The molecule has 0 fully saturated rings. The molecule has 1 aromatic heterocycles. The molecule has 1 heterocycles. The van der Waals surface area contributed by atoms with E-state index in [4.69, 9.17) is 17.3 Å². The molecule has 78 valence electrons. The van der Waals surface area contributed by atoms with Gasteiger partial charge in [0.05, 0.1) is 5.02 Å². The molecule has 1 amide bonds. The van der Waals surface area contributed by atoms with E-state index in [1.165, 1.54) is 18.2 Å². The first-order valence-corrected chi connectivity index (χ1v) is 4.40. The van der Waals surface area contributed by atoms with Crippen molar-refractivity contribution in [2.75, 3.05) is 0 Å². The molecule has 4 nitrogen and oxygen atoms in total. The fourth-order valence-corrected chi connectivity index (χ4v) is 1.52. The van der Waals surface area contributed by atoms with Crippen LogP contribution in [0.2, 0.25) is 5.02 Å². The molecule has 0 unspecified atom stereocenters. The third kappa shape index (κ3) is 1.61. The van der Waals surface area contributed by atoms with Crippen molar-refractivity contribution in [2.45, 2.75) is 0 Å². The first-order valence-electron chi connectivity index (χ1n) is 4.02. The summed E-state index contributed by atoms with van der Waals surface area (Å²) >= 11 is 5.69. The number of rotatable bonds is 2. The van der Waals surface area contributed by atoms with Crippen molar-refractivity contribution in [1.29, 1.82) is 0 Å². The lowest BCUT2D eigenvalue weighted by Gasteiger charge is -1.97. The van der Waals surface area contributed by atoms with Crippen LogP contribution in [-0.2, 0) is 0 Å². The minimum Gasteiger partial charge on any atom is -0.364 e. The van der Waals surface area contributed by atoms with E-state index in [1.54, 1.807) is 0 Å². The number of carbonyl (C=O) groups excluding carboxylic acids is 1. The molecule has 0 bridgehead atoms. The third-order valence-electron chi connectivity index (χ3n) is 2.02. The molecule has 15 heavy (non-hydrogen) atoms. The van der Waals surface area contributed by atoms with Crippen LogP contribution >= 0.6 is 11.6 Å². The number of aromatic nitrogens is 1. The number of halogens is 2. The SMILES string of the molecule is NC(=O)c1cc2cc(OF)c(Cl)cc2[nH]1. The van der Waals surface area contributed by atoms with Gasteiger partial charge in [-0.3, -0.25) is 9.74 Å². The van der Waals surface area contributed by atoms with Gasteiger partial charge in [0.25, 0.3) is 5.91 Å². The summed E-state index contributed by atoms with van der Waals surface area (Å²) in [7, 11) is 0. The number of hydrogen-bond acceptors (Lipinski definition) is 2. The van der Waals surface area contributed by atoms with E-state index in [0.717, 1.165) is 0 Å². The molecule has 0 atom stereocenters. The minimum absolute atomic E-state index is 0.0980. The second kappa shape index (κ2) is 3.43. The Morgan fingerprint density at radius 3 is 2.80 bits per heavy atom. The van der Waals surface area contributed by atoms with Crippen molar-refractivity contribution in [2.24, 2.45) is 5.73 Å². The maximum absolute atomic E-state index is 12.0. The number of hydrogen-bond donors (Lipinski definition) is 2. The molecule has 0 aliphatic carbocycles. The van der Waals surface area contributed by atoms with Gasteiger partial charge in [0.15, 0.2) is 5.75 Å². The number of nitrogens with two attached hydrogens (primary N) is 1. The van der Waals surface area contributed by atoms with Crippen molar-refractivity contribution in [3.63, 3.8) is 0 Å². The van der Waals surface area contributed by atoms with Gasteiger partial charge in [0.1, 0.15) is 5.69 Å². The van der Waals surface area contributed by atoms with E-state index in [9.17, 15) is 9.32 Å². The van der Waals surface area contributed by atoms with Crippen LogP contribution in [0, 0.1) is 0 Å². The Bertz CT molecular complexity index is 538. The van der Waals surface area contributed by atoms with Crippen molar-refractivity contribution >= 4 is 28.4 Å². The smallest absolute Gasteiger partial charge is 0.265 e. The molecule has 3 N–H and O–H groups in total. The van der Waals surface area contributed by atoms with E-state index in [1.807, 2.05) is 0 Å². The van der Waals surface area contributed by atoms with Crippen molar-refractivity contribution in [3.05, 3.63) is 28.9 Å². The van der Waals surface area contributed by atoms with Gasteiger partial charge >= 0.3 is 0 Å². The van der Waals surface area contributed by atoms with Gasteiger partial charge in [0.2, 0.25) is 0 Å². The highest BCUT2D eigenvalue weighted by Crippen LogP contribution is 2.30. The van der Waals surface area contributed by atoms with E-state index in [-0.39, 0.29) is 16.5 Å². The summed E-state index contributed by atoms with van der Waals surface area (Å²) in [5, 5.41) is 0.712. The molecule has 0 aliphatic heterocycles. The van der Waals surface area contributed by atoms with Gasteiger partial charge < -0.3 is 10.7 Å². The zero-order valence-electron chi connectivity index (χ0n) is 7.38. The number of benzene rings is 1. The normalized spacial score (nSPS) is 10.5. The molecular formula is C9H6ClFN2O2. The molecule has 2 rings (SSSR count). The molecule has 0 radical (unpaired) electrons. The monoisotopic (exact) mass is 228 g/mol. The fraction of sp³-hybridized carbons (Fsp3) is 0. The number of carbonyl (C=O) groups is 1. The van der Waals surface area contributed by atoms with Crippen LogP contribution in [-0.4, -0.2) is 10.9 Å². The molecule has 1 aromatic carbocycles. The third-order valence-corrected chi connectivity index (χ3v) is 2.32. The maximum Gasteiger partial charge on any atom is 0.265 e. The van der Waals surface area contributed by atoms with Crippen LogP contribution in [0.3, 0.4) is 0 Å². The number of amides is 1. The Labute approximate surface area is 88.7 Å². The first-order chi connectivity index (χ1) is 7.11. The zero-order valence-corrected chi connectivity index (χ0v) is 8.14. The van der Waals surface area contributed by atoms with Crippen LogP contribution < -0.4 is 10.7 Å². The summed E-state index contributed by atoms with van der Waals surface area (Å²) in [6.07, 6.45) is 0. The number of H-pyrrole nitrogens is 1. The summed E-state index contributed by atoms with van der Waals surface area (Å²) in [6, 6.07) is 4.33. The highest BCUT2D eigenvalue weighted by molar-refractivity contribution is 6.32. The Morgan fingerprint density at radius 1 is 1.47 bits per heavy atom. The Hall–Kier alpha value is -1.75. The van der Waals surface area contributed by atoms with Crippen LogP contribution in [0.25, 0.3) is 10.9 Å². The van der Waals surface area contributed by atoms with E-state index >= 15 is 0 Å². The summed E-state index contributed by atoms with van der Waals surface area (Å²) in [5.41, 5.74) is 5.90. The van der Waals surface area contributed by atoms with Crippen LogP contribution in [0.15, 0.2) is 18.2 Å². The summed E-state index contributed by atoms with van der Waals surface area (Å²) < 4.78 is 12.0.